The van der Waals surface area contributed by atoms with Crippen LogP contribution in [0, 0.1) is 0 Å². The van der Waals surface area contributed by atoms with E-state index in [1.165, 1.54) is 12.1 Å². The molecule has 6 heteroatoms. The SMILES string of the molecule is N/C(=N/S(=O)(=O)c1ccccc1)c1ccc(Cl)cc1. The maximum Gasteiger partial charge on any atom is 0.284 e. The van der Waals surface area contributed by atoms with E-state index in [1.807, 2.05) is 0 Å². The highest BCUT2D eigenvalue weighted by Gasteiger charge is 2.13. The van der Waals surface area contributed by atoms with Gasteiger partial charge in [0.1, 0.15) is 5.84 Å². The van der Waals surface area contributed by atoms with Crippen molar-refractivity contribution < 1.29 is 8.42 Å². The first-order valence-corrected chi connectivity index (χ1v) is 7.22. The average Bonchev–Trinajstić information content (AvgIpc) is 2.40. The molecule has 2 aromatic carbocycles. The van der Waals surface area contributed by atoms with Gasteiger partial charge in [0.25, 0.3) is 10.0 Å². The normalized spacial score (nSPS) is 12.4. The lowest BCUT2D eigenvalue weighted by atomic mass is 10.2. The lowest BCUT2D eigenvalue weighted by Crippen LogP contribution is -2.16. The molecule has 0 atom stereocenters. The zero-order valence-electron chi connectivity index (χ0n) is 9.82. The van der Waals surface area contributed by atoms with Crippen LogP contribution < -0.4 is 5.73 Å². The molecule has 0 aliphatic heterocycles. The topological polar surface area (TPSA) is 72.5 Å². The summed E-state index contributed by atoms with van der Waals surface area (Å²) < 4.78 is 27.6. The number of nitrogens with zero attached hydrogens (tertiary/aromatic N) is 1. The molecule has 0 amide bonds. The Kier molecular flexibility index (Phi) is 3.87. The summed E-state index contributed by atoms with van der Waals surface area (Å²) >= 11 is 5.75. The minimum Gasteiger partial charge on any atom is -0.383 e. The number of benzene rings is 2. The summed E-state index contributed by atoms with van der Waals surface area (Å²) in [5.74, 6) is -0.0690. The third-order valence-electron chi connectivity index (χ3n) is 2.40. The van der Waals surface area contributed by atoms with Gasteiger partial charge in [-0.3, -0.25) is 0 Å². The van der Waals surface area contributed by atoms with E-state index in [-0.39, 0.29) is 10.7 Å². The average molecular weight is 295 g/mol. The molecule has 0 heterocycles. The molecule has 0 radical (unpaired) electrons. The highest BCUT2D eigenvalue weighted by molar-refractivity contribution is 7.90. The molecular formula is C13H11ClN2O2S. The third-order valence-corrected chi connectivity index (χ3v) is 3.96. The highest BCUT2D eigenvalue weighted by Crippen LogP contribution is 2.13. The van der Waals surface area contributed by atoms with Crippen molar-refractivity contribution in [2.24, 2.45) is 10.1 Å². The van der Waals surface area contributed by atoms with E-state index in [4.69, 9.17) is 17.3 Å². The van der Waals surface area contributed by atoms with Crippen molar-refractivity contribution in [2.75, 3.05) is 0 Å². The van der Waals surface area contributed by atoms with Gasteiger partial charge in [-0.25, -0.2) is 0 Å². The first kappa shape index (κ1) is 13.6. The van der Waals surface area contributed by atoms with Crippen LogP contribution in [0.25, 0.3) is 0 Å². The van der Waals surface area contributed by atoms with E-state index < -0.39 is 10.0 Å². The molecule has 4 nitrogen and oxygen atoms in total. The number of halogens is 1. The zero-order valence-corrected chi connectivity index (χ0v) is 11.4. The summed E-state index contributed by atoms with van der Waals surface area (Å²) in [5.41, 5.74) is 6.20. The summed E-state index contributed by atoms with van der Waals surface area (Å²) in [6.45, 7) is 0. The van der Waals surface area contributed by atoms with Gasteiger partial charge in [0.15, 0.2) is 0 Å². The van der Waals surface area contributed by atoms with Crippen LogP contribution >= 0.6 is 11.6 Å². The fraction of sp³-hybridized carbons (Fsp3) is 0. The third kappa shape index (κ3) is 3.33. The Bertz CT molecular complexity index is 695. The van der Waals surface area contributed by atoms with Gasteiger partial charge in [0, 0.05) is 10.6 Å². The molecule has 0 saturated carbocycles. The van der Waals surface area contributed by atoms with Gasteiger partial charge in [-0.05, 0) is 36.4 Å². The summed E-state index contributed by atoms with van der Waals surface area (Å²) in [7, 11) is -3.79. The van der Waals surface area contributed by atoms with Crippen LogP contribution in [0.15, 0.2) is 63.9 Å². The van der Waals surface area contributed by atoms with Crippen LogP contribution in [0.5, 0.6) is 0 Å². The number of hydrogen-bond donors (Lipinski definition) is 1. The van der Waals surface area contributed by atoms with Crippen LogP contribution in [0.1, 0.15) is 5.56 Å². The van der Waals surface area contributed by atoms with Gasteiger partial charge in [0.05, 0.1) is 4.90 Å². The molecule has 19 heavy (non-hydrogen) atoms. The largest absolute Gasteiger partial charge is 0.383 e. The van der Waals surface area contributed by atoms with Gasteiger partial charge >= 0.3 is 0 Å². The molecule has 0 spiro atoms. The minimum absolute atomic E-state index is 0.0690. The Hall–Kier alpha value is -1.85. The summed E-state index contributed by atoms with van der Waals surface area (Å²) in [4.78, 5) is 0.104. The molecule has 2 N–H and O–H groups in total. The van der Waals surface area contributed by atoms with E-state index in [0.29, 0.717) is 10.6 Å². The Balaban J connectivity index is 2.38. The van der Waals surface area contributed by atoms with E-state index in [2.05, 4.69) is 4.40 Å². The van der Waals surface area contributed by atoms with Crippen LogP contribution in [-0.2, 0) is 10.0 Å². The van der Waals surface area contributed by atoms with Crippen molar-refractivity contribution >= 4 is 27.5 Å². The fourth-order valence-corrected chi connectivity index (χ4v) is 2.54. The number of rotatable bonds is 3. The quantitative estimate of drug-likeness (QED) is 0.698. The number of sulfonamides is 1. The van der Waals surface area contributed by atoms with Crippen LogP contribution in [-0.4, -0.2) is 14.3 Å². The van der Waals surface area contributed by atoms with Crippen molar-refractivity contribution in [1.82, 2.24) is 0 Å². The Labute approximate surface area is 116 Å². The van der Waals surface area contributed by atoms with Crippen molar-refractivity contribution in [3.05, 3.63) is 65.2 Å². The molecule has 0 aliphatic rings. The van der Waals surface area contributed by atoms with Crippen LogP contribution in [0.3, 0.4) is 0 Å². The van der Waals surface area contributed by atoms with E-state index in [9.17, 15) is 8.42 Å². The Morgan fingerprint density at radius 1 is 1.00 bits per heavy atom. The second-order valence-electron chi connectivity index (χ2n) is 3.77. The molecule has 2 aromatic rings. The molecule has 98 valence electrons. The Morgan fingerprint density at radius 3 is 2.16 bits per heavy atom. The second kappa shape index (κ2) is 5.42. The molecule has 2 rings (SSSR count). The van der Waals surface area contributed by atoms with Crippen LogP contribution in [0.4, 0.5) is 0 Å². The van der Waals surface area contributed by atoms with Crippen molar-refractivity contribution in [2.45, 2.75) is 4.90 Å². The van der Waals surface area contributed by atoms with E-state index in [0.717, 1.165) is 0 Å². The maximum atomic E-state index is 12.0. The van der Waals surface area contributed by atoms with Gasteiger partial charge in [-0.1, -0.05) is 29.8 Å². The van der Waals surface area contributed by atoms with E-state index >= 15 is 0 Å². The predicted octanol–water partition coefficient (Wildman–Crippen LogP) is 2.43. The lowest BCUT2D eigenvalue weighted by Gasteiger charge is -2.02. The number of amidine groups is 1. The van der Waals surface area contributed by atoms with Gasteiger partial charge in [-0.15, -0.1) is 4.40 Å². The first-order chi connectivity index (χ1) is 8.99. The Morgan fingerprint density at radius 2 is 1.58 bits per heavy atom. The molecule has 0 aromatic heterocycles. The molecule has 0 fully saturated rings. The van der Waals surface area contributed by atoms with E-state index in [1.54, 1.807) is 42.5 Å². The van der Waals surface area contributed by atoms with Crippen molar-refractivity contribution in [3.8, 4) is 0 Å². The summed E-state index contributed by atoms with van der Waals surface area (Å²) in [6.07, 6.45) is 0. The monoisotopic (exact) mass is 294 g/mol. The summed E-state index contributed by atoms with van der Waals surface area (Å²) in [6, 6.07) is 14.4. The predicted molar refractivity (Wildman–Crippen MR) is 75.8 cm³/mol. The van der Waals surface area contributed by atoms with Gasteiger partial charge < -0.3 is 5.73 Å². The number of hydrogen-bond acceptors (Lipinski definition) is 2. The molecular weight excluding hydrogens is 284 g/mol. The molecule has 0 saturated heterocycles. The van der Waals surface area contributed by atoms with Crippen molar-refractivity contribution in [3.63, 3.8) is 0 Å². The maximum absolute atomic E-state index is 12.0. The second-order valence-corrected chi connectivity index (χ2v) is 5.81. The summed E-state index contributed by atoms with van der Waals surface area (Å²) in [5, 5.41) is 0.544. The van der Waals surface area contributed by atoms with Crippen molar-refractivity contribution in [1.29, 1.82) is 0 Å². The highest BCUT2D eigenvalue weighted by atomic mass is 35.5. The first-order valence-electron chi connectivity index (χ1n) is 5.40. The van der Waals surface area contributed by atoms with Gasteiger partial charge in [0.2, 0.25) is 0 Å². The van der Waals surface area contributed by atoms with Crippen LogP contribution in [0.2, 0.25) is 5.02 Å². The minimum atomic E-state index is -3.79. The molecule has 0 bridgehead atoms. The molecule has 0 aliphatic carbocycles. The number of nitrogens with two attached hydrogens (primary N) is 1. The smallest absolute Gasteiger partial charge is 0.284 e. The van der Waals surface area contributed by atoms with Gasteiger partial charge in [-0.2, -0.15) is 8.42 Å². The molecule has 0 unspecified atom stereocenters. The lowest BCUT2D eigenvalue weighted by molar-refractivity contribution is 0.598. The zero-order chi connectivity index (χ0) is 13.9. The fourth-order valence-electron chi connectivity index (χ4n) is 1.45. The standard InChI is InChI=1S/C13H11ClN2O2S/c14-11-8-6-10(7-9-11)13(15)16-19(17,18)12-4-2-1-3-5-12/h1-9H,(H2,15,16).